The van der Waals surface area contributed by atoms with Crippen LogP contribution in [0.2, 0.25) is 0 Å². The van der Waals surface area contributed by atoms with Crippen LogP contribution in [-0.2, 0) is 5.41 Å². The zero-order valence-corrected chi connectivity index (χ0v) is 13.8. The predicted octanol–water partition coefficient (Wildman–Crippen LogP) is 4.65. The standard InChI is InChI=1S/C17H24BrN/c1-15(2,3)19-12-17(10-16(11-17)7-8-16)13-5-4-6-14(18)9-13/h4-6,9,19H,7-8,10-12H2,1-3H3. The summed E-state index contributed by atoms with van der Waals surface area (Å²) in [6.45, 7) is 7.88. The molecule has 0 amide bonds. The van der Waals surface area contributed by atoms with E-state index < -0.39 is 0 Å². The second-order valence-electron chi connectivity index (χ2n) is 7.75. The molecule has 0 saturated heterocycles. The average molecular weight is 322 g/mol. The number of halogens is 1. The molecule has 0 atom stereocenters. The highest BCUT2D eigenvalue weighted by atomic mass is 79.9. The van der Waals surface area contributed by atoms with Gasteiger partial charge < -0.3 is 5.32 Å². The van der Waals surface area contributed by atoms with Crippen molar-refractivity contribution < 1.29 is 0 Å². The minimum absolute atomic E-state index is 0.200. The lowest BCUT2D eigenvalue weighted by Gasteiger charge is -2.50. The van der Waals surface area contributed by atoms with Crippen molar-refractivity contribution in [2.45, 2.75) is 57.4 Å². The van der Waals surface area contributed by atoms with E-state index in [0.29, 0.717) is 5.41 Å². The highest BCUT2D eigenvalue weighted by Gasteiger charge is 2.61. The Morgan fingerprint density at radius 2 is 1.89 bits per heavy atom. The summed E-state index contributed by atoms with van der Waals surface area (Å²) in [5.74, 6) is 0. The molecule has 1 N–H and O–H groups in total. The molecule has 1 aromatic rings. The quantitative estimate of drug-likeness (QED) is 0.854. The van der Waals surface area contributed by atoms with Gasteiger partial charge >= 0.3 is 0 Å². The number of rotatable bonds is 3. The SMILES string of the molecule is CC(C)(C)NCC1(c2cccc(Br)c2)CC2(CC2)C1. The molecule has 19 heavy (non-hydrogen) atoms. The van der Waals surface area contributed by atoms with Gasteiger partial charge in [0.15, 0.2) is 0 Å². The zero-order chi connectivity index (χ0) is 13.7. The van der Waals surface area contributed by atoms with Crippen molar-refractivity contribution in [1.82, 2.24) is 5.32 Å². The van der Waals surface area contributed by atoms with Gasteiger partial charge in [0.2, 0.25) is 0 Å². The van der Waals surface area contributed by atoms with Crippen LogP contribution in [0.15, 0.2) is 28.7 Å². The summed E-state index contributed by atoms with van der Waals surface area (Å²) in [4.78, 5) is 0. The van der Waals surface area contributed by atoms with E-state index in [1.54, 1.807) is 0 Å². The van der Waals surface area contributed by atoms with Gasteiger partial charge in [-0.25, -0.2) is 0 Å². The fourth-order valence-corrected chi connectivity index (χ4v) is 4.00. The highest BCUT2D eigenvalue weighted by Crippen LogP contribution is 2.68. The van der Waals surface area contributed by atoms with Crippen LogP contribution in [0.25, 0.3) is 0 Å². The molecule has 2 aliphatic carbocycles. The van der Waals surface area contributed by atoms with Gasteiger partial charge in [-0.3, -0.25) is 0 Å². The Hall–Kier alpha value is -0.340. The lowest BCUT2D eigenvalue weighted by atomic mass is 9.56. The predicted molar refractivity (Wildman–Crippen MR) is 84.5 cm³/mol. The van der Waals surface area contributed by atoms with Crippen LogP contribution in [0.5, 0.6) is 0 Å². The second-order valence-corrected chi connectivity index (χ2v) is 8.66. The molecular formula is C17H24BrN. The van der Waals surface area contributed by atoms with Crippen molar-refractivity contribution in [2.24, 2.45) is 5.41 Å². The Balaban J connectivity index is 1.81. The van der Waals surface area contributed by atoms with E-state index >= 15 is 0 Å². The Morgan fingerprint density at radius 3 is 2.42 bits per heavy atom. The molecule has 2 fully saturated rings. The molecule has 0 radical (unpaired) electrons. The van der Waals surface area contributed by atoms with E-state index in [2.05, 4.69) is 66.3 Å². The summed E-state index contributed by atoms with van der Waals surface area (Å²) < 4.78 is 1.21. The first-order valence-corrected chi connectivity index (χ1v) is 8.13. The lowest BCUT2D eigenvalue weighted by molar-refractivity contribution is 0.108. The van der Waals surface area contributed by atoms with E-state index in [-0.39, 0.29) is 5.54 Å². The van der Waals surface area contributed by atoms with Gasteiger partial charge in [0, 0.05) is 22.0 Å². The van der Waals surface area contributed by atoms with Gasteiger partial charge in [-0.1, -0.05) is 28.1 Å². The van der Waals surface area contributed by atoms with Gasteiger partial charge in [0.25, 0.3) is 0 Å². The largest absolute Gasteiger partial charge is 0.311 e. The first kappa shape index (κ1) is 13.6. The van der Waals surface area contributed by atoms with Gasteiger partial charge in [-0.05, 0) is 69.6 Å². The van der Waals surface area contributed by atoms with Crippen molar-refractivity contribution >= 4 is 15.9 Å². The summed E-state index contributed by atoms with van der Waals surface area (Å²) in [5.41, 5.74) is 2.80. The smallest absolute Gasteiger partial charge is 0.0178 e. The molecule has 1 nitrogen and oxygen atoms in total. The fourth-order valence-electron chi connectivity index (χ4n) is 3.60. The Labute approximate surface area is 125 Å². The van der Waals surface area contributed by atoms with E-state index in [1.807, 2.05) is 0 Å². The van der Waals surface area contributed by atoms with Crippen LogP contribution in [0, 0.1) is 5.41 Å². The Bertz CT molecular complexity index is 474. The maximum atomic E-state index is 3.73. The number of nitrogens with one attached hydrogen (secondary N) is 1. The molecule has 0 heterocycles. The molecule has 0 aliphatic heterocycles. The van der Waals surface area contributed by atoms with Crippen LogP contribution in [0.1, 0.15) is 52.0 Å². The fraction of sp³-hybridized carbons (Fsp3) is 0.647. The summed E-state index contributed by atoms with van der Waals surface area (Å²) in [7, 11) is 0. The molecule has 104 valence electrons. The molecule has 2 aliphatic rings. The molecule has 1 spiro atoms. The van der Waals surface area contributed by atoms with E-state index in [9.17, 15) is 0 Å². The second kappa shape index (κ2) is 4.33. The van der Waals surface area contributed by atoms with Crippen LogP contribution in [0.3, 0.4) is 0 Å². The van der Waals surface area contributed by atoms with Crippen molar-refractivity contribution in [3.8, 4) is 0 Å². The number of hydrogen-bond donors (Lipinski definition) is 1. The first-order valence-electron chi connectivity index (χ1n) is 7.34. The highest BCUT2D eigenvalue weighted by molar-refractivity contribution is 9.10. The van der Waals surface area contributed by atoms with Gasteiger partial charge in [0.05, 0.1) is 0 Å². The maximum absolute atomic E-state index is 3.73. The summed E-state index contributed by atoms with van der Waals surface area (Å²) in [6.07, 6.45) is 5.66. The number of hydrogen-bond acceptors (Lipinski definition) is 1. The lowest BCUT2D eigenvalue weighted by Crippen LogP contribution is -2.53. The van der Waals surface area contributed by atoms with Crippen molar-refractivity contribution in [1.29, 1.82) is 0 Å². The third kappa shape index (κ3) is 2.75. The van der Waals surface area contributed by atoms with Crippen LogP contribution in [-0.4, -0.2) is 12.1 Å². The summed E-state index contributed by atoms with van der Waals surface area (Å²) in [5, 5.41) is 3.73. The molecular weight excluding hydrogens is 298 g/mol. The monoisotopic (exact) mass is 321 g/mol. The third-order valence-corrected chi connectivity index (χ3v) is 5.27. The van der Waals surface area contributed by atoms with Crippen LogP contribution in [0.4, 0.5) is 0 Å². The van der Waals surface area contributed by atoms with Crippen LogP contribution >= 0.6 is 15.9 Å². The van der Waals surface area contributed by atoms with Crippen molar-refractivity contribution in [3.63, 3.8) is 0 Å². The topological polar surface area (TPSA) is 12.0 Å². The molecule has 0 bridgehead atoms. The van der Waals surface area contributed by atoms with Gasteiger partial charge in [-0.15, -0.1) is 0 Å². The maximum Gasteiger partial charge on any atom is 0.0178 e. The Morgan fingerprint density at radius 1 is 1.21 bits per heavy atom. The summed E-state index contributed by atoms with van der Waals surface area (Å²) in [6, 6.07) is 8.93. The molecule has 0 unspecified atom stereocenters. The minimum Gasteiger partial charge on any atom is -0.311 e. The van der Waals surface area contributed by atoms with E-state index in [0.717, 1.165) is 12.0 Å². The Kier molecular flexibility index (Phi) is 3.10. The molecule has 0 aromatic heterocycles. The van der Waals surface area contributed by atoms with E-state index in [4.69, 9.17) is 0 Å². The molecule has 2 heteroatoms. The molecule has 2 saturated carbocycles. The average Bonchev–Trinajstić information content (AvgIpc) is 3.03. The summed E-state index contributed by atoms with van der Waals surface area (Å²) >= 11 is 3.62. The zero-order valence-electron chi connectivity index (χ0n) is 12.2. The molecule has 3 rings (SSSR count). The first-order chi connectivity index (χ1) is 8.83. The van der Waals surface area contributed by atoms with Gasteiger partial charge in [-0.2, -0.15) is 0 Å². The third-order valence-electron chi connectivity index (χ3n) is 4.78. The van der Waals surface area contributed by atoms with Crippen LogP contribution < -0.4 is 5.32 Å². The minimum atomic E-state index is 0.200. The number of benzene rings is 1. The van der Waals surface area contributed by atoms with E-state index in [1.165, 1.54) is 35.7 Å². The van der Waals surface area contributed by atoms with Gasteiger partial charge in [0.1, 0.15) is 0 Å². The normalized spacial score (nSPS) is 23.2. The van der Waals surface area contributed by atoms with Crippen molar-refractivity contribution in [3.05, 3.63) is 34.3 Å². The van der Waals surface area contributed by atoms with Crippen molar-refractivity contribution in [2.75, 3.05) is 6.54 Å². The molecule has 1 aromatic carbocycles.